The van der Waals surface area contributed by atoms with E-state index in [0.29, 0.717) is 35.2 Å². The standard InChI is InChI=1S/C29H35N5O3/c1-2-3-9-25(35)33-18-15-20(16-19-33)24-14-17-31-29-26(28(30)36)27(32-34(24)29)21-10-12-23(13-11-21)37-22-7-5-4-6-8-22/h4-8,10-13,20,24,31H,2-3,9,14-19H2,1H3,(H2,30,36)/t24-/m0/s1. The molecule has 2 aromatic carbocycles. The first-order valence-electron chi connectivity index (χ1n) is 13.3. The molecule has 0 radical (unpaired) electrons. The van der Waals surface area contributed by atoms with Crippen LogP contribution < -0.4 is 15.8 Å². The van der Waals surface area contributed by atoms with Gasteiger partial charge >= 0.3 is 0 Å². The topological polar surface area (TPSA) is 102 Å². The zero-order valence-electron chi connectivity index (χ0n) is 21.4. The van der Waals surface area contributed by atoms with E-state index >= 15 is 0 Å². The van der Waals surface area contributed by atoms with Crippen molar-refractivity contribution in [2.45, 2.75) is 51.5 Å². The molecule has 37 heavy (non-hydrogen) atoms. The number of hydrogen-bond acceptors (Lipinski definition) is 5. The highest BCUT2D eigenvalue weighted by Gasteiger charge is 2.35. The number of nitrogens with one attached hydrogen (secondary N) is 1. The van der Waals surface area contributed by atoms with Gasteiger partial charge in [-0.1, -0.05) is 31.5 Å². The second-order valence-corrected chi connectivity index (χ2v) is 9.93. The number of likely N-dealkylation sites (tertiary alicyclic amines) is 1. The number of hydrogen-bond donors (Lipinski definition) is 2. The van der Waals surface area contributed by atoms with Crippen molar-refractivity contribution in [2.24, 2.45) is 11.7 Å². The summed E-state index contributed by atoms with van der Waals surface area (Å²) in [6.45, 7) is 4.44. The number of fused-ring (bicyclic) bond motifs is 1. The third-order valence-electron chi connectivity index (χ3n) is 7.49. The van der Waals surface area contributed by atoms with Gasteiger partial charge in [-0.05, 0) is 68.0 Å². The predicted octanol–water partition coefficient (Wildman–Crippen LogP) is 5.23. The molecule has 2 aliphatic rings. The second-order valence-electron chi connectivity index (χ2n) is 9.93. The molecule has 2 amide bonds. The molecule has 2 aliphatic heterocycles. The fourth-order valence-corrected chi connectivity index (χ4v) is 5.50. The van der Waals surface area contributed by atoms with Crippen molar-refractivity contribution in [1.29, 1.82) is 0 Å². The van der Waals surface area contributed by atoms with Crippen LogP contribution in [0.25, 0.3) is 11.3 Å². The summed E-state index contributed by atoms with van der Waals surface area (Å²) in [6.07, 6.45) is 5.42. The summed E-state index contributed by atoms with van der Waals surface area (Å²) in [5.41, 5.74) is 7.69. The van der Waals surface area contributed by atoms with E-state index in [1.807, 2.05) is 64.2 Å². The van der Waals surface area contributed by atoms with Crippen LogP contribution in [0, 0.1) is 5.92 Å². The van der Waals surface area contributed by atoms with Crippen molar-refractivity contribution in [2.75, 3.05) is 25.0 Å². The van der Waals surface area contributed by atoms with E-state index in [0.717, 1.165) is 63.1 Å². The molecule has 1 atom stereocenters. The van der Waals surface area contributed by atoms with Crippen molar-refractivity contribution in [1.82, 2.24) is 14.7 Å². The molecule has 3 N–H and O–H groups in total. The van der Waals surface area contributed by atoms with Crippen LogP contribution >= 0.6 is 0 Å². The minimum Gasteiger partial charge on any atom is -0.457 e. The molecule has 0 saturated carbocycles. The number of piperidine rings is 1. The first kappa shape index (κ1) is 24.9. The molecule has 0 aliphatic carbocycles. The maximum absolute atomic E-state index is 12.6. The van der Waals surface area contributed by atoms with Gasteiger partial charge in [0.2, 0.25) is 5.91 Å². The molecular formula is C29H35N5O3. The third-order valence-corrected chi connectivity index (χ3v) is 7.49. The third kappa shape index (κ3) is 5.33. The van der Waals surface area contributed by atoms with Crippen LogP contribution in [0.2, 0.25) is 0 Å². The summed E-state index contributed by atoms with van der Waals surface area (Å²) >= 11 is 0. The van der Waals surface area contributed by atoms with Gasteiger partial charge in [-0.2, -0.15) is 5.10 Å². The lowest BCUT2D eigenvalue weighted by Crippen LogP contribution is -2.41. The highest BCUT2D eigenvalue weighted by Crippen LogP contribution is 2.40. The van der Waals surface area contributed by atoms with E-state index in [1.165, 1.54) is 0 Å². The van der Waals surface area contributed by atoms with Crippen LogP contribution in [0.4, 0.5) is 5.82 Å². The number of benzene rings is 2. The lowest BCUT2D eigenvalue weighted by atomic mass is 9.86. The predicted molar refractivity (Wildman–Crippen MR) is 144 cm³/mol. The maximum Gasteiger partial charge on any atom is 0.254 e. The lowest BCUT2D eigenvalue weighted by Gasteiger charge is -2.38. The Labute approximate surface area is 217 Å². The molecular weight excluding hydrogens is 466 g/mol. The van der Waals surface area contributed by atoms with Gasteiger partial charge in [0.05, 0.1) is 6.04 Å². The summed E-state index contributed by atoms with van der Waals surface area (Å²) in [6, 6.07) is 17.3. The van der Waals surface area contributed by atoms with Gasteiger partial charge in [-0.25, -0.2) is 4.68 Å². The molecule has 5 rings (SSSR count). The second kappa shape index (κ2) is 11.1. The number of ether oxygens (including phenoxy) is 1. The Morgan fingerprint density at radius 1 is 1.03 bits per heavy atom. The molecule has 1 saturated heterocycles. The SMILES string of the molecule is CCCCC(=O)N1CCC([C@@H]2CCNc3c(C(N)=O)c(-c4ccc(Oc5ccccc5)cc4)nn32)CC1. The van der Waals surface area contributed by atoms with Gasteiger partial charge in [0.1, 0.15) is 28.6 Å². The molecule has 0 spiro atoms. The number of anilines is 1. The Bertz CT molecular complexity index is 1230. The van der Waals surface area contributed by atoms with Crippen molar-refractivity contribution >= 4 is 17.6 Å². The molecule has 0 unspecified atom stereocenters. The summed E-state index contributed by atoms with van der Waals surface area (Å²) in [5.74, 6) is 2.33. The van der Waals surface area contributed by atoms with Crippen LogP contribution in [0.1, 0.15) is 61.8 Å². The number of nitrogens with two attached hydrogens (primary N) is 1. The van der Waals surface area contributed by atoms with Gasteiger partial charge in [0.25, 0.3) is 5.91 Å². The average molecular weight is 502 g/mol. The highest BCUT2D eigenvalue weighted by atomic mass is 16.5. The Morgan fingerprint density at radius 3 is 2.41 bits per heavy atom. The fraction of sp³-hybridized carbons (Fsp3) is 0.414. The number of para-hydroxylation sites is 1. The van der Waals surface area contributed by atoms with Crippen LogP contribution in [0.3, 0.4) is 0 Å². The van der Waals surface area contributed by atoms with Crippen molar-refractivity contribution < 1.29 is 14.3 Å². The minimum absolute atomic E-state index is 0.164. The maximum atomic E-state index is 12.6. The van der Waals surface area contributed by atoms with Gasteiger partial charge in [0.15, 0.2) is 0 Å². The van der Waals surface area contributed by atoms with Gasteiger partial charge in [0, 0.05) is 31.6 Å². The number of nitrogens with zero attached hydrogens (tertiary/aromatic N) is 3. The van der Waals surface area contributed by atoms with Crippen molar-refractivity contribution in [3.05, 3.63) is 60.2 Å². The van der Waals surface area contributed by atoms with Crippen LogP contribution in [-0.2, 0) is 4.79 Å². The Morgan fingerprint density at radius 2 is 1.73 bits per heavy atom. The molecule has 1 fully saturated rings. The smallest absolute Gasteiger partial charge is 0.254 e. The number of aromatic nitrogens is 2. The molecule has 1 aromatic heterocycles. The van der Waals surface area contributed by atoms with E-state index in [9.17, 15) is 9.59 Å². The number of carbonyl (C=O) groups excluding carboxylic acids is 2. The Kier molecular flexibility index (Phi) is 7.44. The van der Waals surface area contributed by atoms with Crippen LogP contribution in [0.5, 0.6) is 11.5 Å². The monoisotopic (exact) mass is 501 g/mol. The molecule has 8 heteroatoms. The van der Waals surface area contributed by atoms with E-state index in [1.54, 1.807) is 0 Å². The number of primary amides is 1. The van der Waals surface area contributed by atoms with E-state index < -0.39 is 5.91 Å². The summed E-state index contributed by atoms with van der Waals surface area (Å²) in [4.78, 5) is 27.1. The highest BCUT2D eigenvalue weighted by molar-refractivity contribution is 6.03. The number of rotatable bonds is 8. The van der Waals surface area contributed by atoms with E-state index in [2.05, 4.69) is 12.2 Å². The average Bonchev–Trinajstić information content (AvgIpc) is 3.33. The Hall–Kier alpha value is -3.81. The molecule has 0 bridgehead atoms. The normalized spacial score (nSPS) is 17.6. The fourth-order valence-electron chi connectivity index (χ4n) is 5.50. The number of unbranched alkanes of at least 4 members (excludes halogenated alkanes) is 1. The van der Waals surface area contributed by atoms with E-state index in [4.69, 9.17) is 15.6 Å². The minimum atomic E-state index is -0.495. The first-order chi connectivity index (χ1) is 18.0. The molecule has 8 nitrogen and oxygen atoms in total. The number of carbonyl (C=O) groups is 2. The van der Waals surface area contributed by atoms with Crippen LogP contribution in [-0.4, -0.2) is 46.1 Å². The van der Waals surface area contributed by atoms with Gasteiger partial charge < -0.3 is 20.7 Å². The summed E-state index contributed by atoms with van der Waals surface area (Å²) in [5, 5.41) is 8.32. The summed E-state index contributed by atoms with van der Waals surface area (Å²) < 4.78 is 7.89. The molecule has 3 heterocycles. The zero-order chi connectivity index (χ0) is 25.8. The number of amides is 2. The van der Waals surface area contributed by atoms with Crippen LogP contribution in [0.15, 0.2) is 54.6 Å². The first-order valence-corrected chi connectivity index (χ1v) is 13.3. The molecule has 194 valence electrons. The lowest BCUT2D eigenvalue weighted by molar-refractivity contribution is -0.132. The molecule has 3 aromatic rings. The zero-order valence-corrected chi connectivity index (χ0v) is 21.4. The van der Waals surface area contributed by atoms with Crippen molar-refractivity contribution in [3.63, 3.8) is 0 Å². The van der Waals surface area contributed by atoms with Crippen molar-refractivity contribution in [3.8, 4) is 22.8 Å². The van der Waals surface area contributed by atoms with Gasteiger partial charge in [-0.3, -0.25) is 9.59 Å². The van der Waals surface area contributed by atoms with Gasteiger partial charge in [-0.15, -0.1) is 0 Å². The largest absolute Gasteiger partial charge is 0.457 e. The summed E-state index contributed by atoms with van der Waals surface area (Å²) in [7, 11) is 0. The van der Waals surface area contributed by atoms with E-state index in [-0.39, 0.29) is 11.9 Å². The Balaban J connectivity index is 1.36. The quantitative estimate of drug-likeness (QED) is 0.440.